The quantitative estimate of drug-likeness (QED) is 0.906. The van der Waals surface area contributed by atoms with Gasteiger partial charge in [0.1, 0.15) is 0 Å². The molecule has 1 aliphatic carbocycles. The fourth-order valence-corrected chi connectivity index (χ4v) is 3.72. The molecule has 0 amide bonds. The molecule has 1 heterocycles. The van der Waals surface area contributed by atoms with Crippen LogP contribution in [-0.4, -0.2) is 26.7 Å². The minimum absolute atomic E-state index is 0.417. The minimum atomic E-state index is 0.417. The third-order valence-electron chi connectivity index (χ3n) is 4.22. The normalized spacial score (nSPS) is 24.7. The molecule has 3 rings (SSSR count). The molecule has 2 atom stereocenters. The Hall–Kier alpha value is -1.91. The predicted octanol–water partition coefficient (Wildman–Crippen LogP) is 3.49. The Morgan fingerprint density at radius 2 is 2.14 bits per heavy atom. The first-order valence-corrected chi connectivity index (χ1v) is 7.62. The van der Waals surface area contributed by atoms with Crippen molar-refractivity contribution < 1.29 is 0 Å². The summed E-state index contributed by atoms with van der Waals surface area (Å²) < 4.78 is 0. The van der Waals surface area contributed by atoms with Crippen LogP contribution >= 0.6 is 0 Å². The summed E-state index contributed by atoms with van der Waals surface area (Å²) in [7, 11) is 0. The number of rotatable bonds is 3. The number of benzene rings is 1. The Balaban J connectivity index is 1.74. The summed E-state index contributed by atoms with van der Waals surface area (Å²) in [4.78, 5) is 0. The van der Waals surface area contributed by atoms with E-state index >= 15 is 0 Å². The van der Waals surface area contributed by atoms with Crippen LogP contribution < -0.4 is 5.32 Å². The summed E-state index contributed by atoms with van der Waals surface area (Å²) in [5, 5.41) is 17.9. The molecule has 0 spiro atoms. The minimum Gasteiger partial charge on any atom is -0.382 e. The molecule has 2 N–H and O–H groups in total. The first kappa shape index (κ1) is 14.0. The molecule has 0 saturated heterocycles. The first-order valence-electron chi connectivity index (χ1n) is 7.62. The number of hydrogen-bond acceptors (Lipinski definition) is 4. The standard InChI is InChI=1S/C16H23N5/c1-11-7-14(10-16(2,3)9-11)17-13-6-4-5-12(8-13)15-18-20-21-19-15/h4-6,8,11,14,17H,7,9-10H2,1-3H3,(H,18,19,20,21). The number of aromatic amines is 1. The van der Waals surface area contributed by atoms with Crippen molar-refractivity contribution in [2.45, 2.75) is 46.1 Å². The molecule has 112 valence electrons. The Bertz CT molecular complexity index is 590. The van der Waals surface area contributed by atoms with E-state index in [0.717, 1.165) is 17.2 Å². The number of hydrogen-bond donors (Lipinski definition) is 2. The Kier molecular flexibility index (Phi) is 3.66. The van der Waals surface area contributed by atoms with Gasteiger partial charge in [-0.15, -0.1) is 10.2 Å². The van der Waals surface area contributed by atoms with Crippen molar-refractivity contribution in [3.63, 3.8) is 0 Å². The van der Waals surface area contributed by atoms with Crippen molar-refractivity contribution >= 4 is 5.69 Å². The SMILES string of the molecule is CC1CC(Nc2cccc(-c3nn[nH]n3)c2)CC(C)(C)C1. The van der Waals surface area contributed by atoms with Crippen molar-refractivity contribution in [1.29, 1.82) is 0 Å². The molecule has 1 saturated carbocycles. The highest BCUT2D eigenvalue weighted by molar-refractivity contribution is 5.61. The van der Waals surface area contributed by atoms with Gasteiger partial charge in [-0.3, -0.25) is 0 Å². The van der Waals surface area contributed by atoms with Crippen molar-refractivity contribution in [3.05, 3.63) is 24.3 Å². The van der Waals surface area contributed by atoms with E-state index in [0.29, 0.717) is 17.3 Å². The van der Waals surface area contributed by atoms with Crippen molar-refractivity contribution in [1.82, 2.24) is 20.6 Å². The first-order chi connectivity index (χ1) is 10.0. The van der Waals surface area contributed by atoms with E-state index in [-0.39, 0.29) is 0 Å². The van der Waals surface area contributed by atoms with Crippen molar-refractivity contribution in [2.24, 2.45) is 11.3 Å². The summed E-state index contributed by atoms with van der Waals surface area (Å²) in [6.07, 6.45) is 3.76. The van der Waals surface area contributed by atoms with Gasteiger partial charge >= 0.3 is 0 Å². The van der Waals surface area contributed by atoms with Gasteiger partial charge in [0.25, 0.3) is 0 Å². The van der Waals surface area contributed by atoms with E-state index in [1.165, 1.54) is 19.3 Å². The second-order valence-electron chi connectivity index (χ2n) is 7.07. The van der Waals surface area contributed by atoms with Crippen molar-refractivity contribution in [2.75, 3.05) is 5.32 Å². The lowest BCUT2D eigenvalue weighted by Gasteiger charge is -2.39. The number of H-pyrrole nitrogens is 1. The zero-order chi connectivity index (χ0) is 14.9. The molecule has 2 aromatic rings. The highest BCUT2D eigenvalue weighted by Crippen LogP contribution is 2.39. The predicted molar refractivity (Wildman–Crippen MR) is 83.8 cm³/mol. The molecule has 1 aliphatic rings. The maximum Gasteiger partial charge on any atom is 0.204 e. The lowest BCUT2D eigenvalue weighted by Crippen LogP contribution is -2.35. The highest BCUT2D eigenvalue weighted by Gasteiger charge is 2.31. The van der Waals surface area contributed by atoms with E-state index in [1.54, 1.807) is 0 Å². The van der Waals surface area contributed by atoms with Crippen LogP contribution in [0.4, 0.5) is 5.69 Å². The van der Waals surface area contributed by atoms with E-state index < -0.39 is 0 Å². The molecule has 5 heteroatoms. The fraction of sp³-hybridized carbons (Fsp3) is 0.562. The molecule has 0 bridgehead atoms. The molecule has 2 unspecified atom stereocenters. The monoisotopic (exact) mass is 285 g/mol. The number of nitrogens with one attached hydrogen (secondary N) is 2. The van der Waals surface area contributed by atoms with Crippen LogP contribution in [0.15, 0.2) is 24.3 Å². The van der Waals surface area contributed by atoms with E-state index in [1.807, 2.05) is 12.1 Å². The lowest BCUT2D eigenvalue weighted by atomic mass is 9.70. The lowest BCUT2D eigenvalue weighted by molar-refractivity contribution is 0.178. The average Bonchev–Trinajstić information content (AvgIpc) is 2.90. The Morgan fingerprint density at radius 3 is 2.86 bits per heavy atom. The average molecular weight is 285 g/mol. The maximum atomic E-state index is 4.03. The second kappa shape index (κ2) is 5.47. The summed E-state index contributed by atoms with van der Waals surface area (Å²) in [5.41, 5.74) is 2.53. The molecule has 1 fully saturated rings. The maximum absolute atomic E-state index is 4.03. The van der Waals surface area contributed by atoms with Gasteiger partial charge in [-0.2, -0.15) is 5.21 Å². The summed E-state index contributed by atoms with van der Waals surface area (Å²) in [6, 6.07) is 8.77. The molecule has 0 aliphatic heterocycles. The molecular formula is C16H23N5. The van der Waals surface area contributed by atoms with Gasteiger partial charge in [-0.05, 0) is 47.9 Å². The molecule has 5 nitrogen and oxygen atoms in total. The second-order valence-corrected chi connectivity index (χ2v) is 7.07. The zero-order valence-corrected chi connectivity index (χ0v) is 12.9. The van der Waals surface area contributed by atoms with E-state index in [2.05, 4.69) is 58.8 Å². The van der Waals surface area contributed by atoms with E-state index in [9.17, 15) is 0 Å². The summed E-state index contributed by atoms with van der Waals surface area (Å²) >= 11 is 0. The zero-order valence-electron chi connectivity index (χ0n) is 12.9. The number of tetrazole rings is 1. The molecule has 21 heavy (non-hydrogen) atoms. The van der Waals surface area contributed by atoms with Crippen molar-refractivity contribution in [3.8, 4) is 11.4 Å². The Morgan fingerprint density at radius 1 is 1.29 bits per heavy atom. The number of aromatic nitrogens is 4. The van der Waals surface area contributed by atoms with Crippen LogP contribution in [0, 0.1) is 11.3 Å². The van der Waals surface area contributed by atoms with Gasteiger partial charge in [-0.25, -0.2) is 0 Å². The van der Waals surface area contributed by atoms with Gasteiger partial charge in [0.2, 0.25) is 5.82 Å². The van der Waals surface area contributed by atoms with Crippen LogP contribution in [0.5, 0.6) is 0 Å². The number of nitrogens with zero attached hydrogens (tertiary/aromatic N) is 3. The number of anilines is 1. The van der Waals surface area contributed by atoms with Gasteiger partial charge in [-0.1, -0.05) is 32.9 Å². The third kappa shape index (κ3) is 3.40. The Labute approximate surface area is 125 Å². The van der Waals surface area contributed by atoms with Crippen LogP contribution in [0.3, 0.4) is 0 Å². The van der Waals surface area contributed by atoms with Gasteiger partial charge in [0.05, 0.1) is 0 Å². The topological polar surface area (TPSA) is 66.5 Å². The fourth-order valence-electron chi connectivity index (χ4n) is 3.72. The summed E-state index contributed by atoms with van der Waals surface area (Å²) in [6.45, 7) is 7.09. The third-order valence-corrected chi connectivity index (χ3v) is 4.22. The van der Waals surface area contributed by atoms with Gasteiger partial charge in [0.15, 0.2) is 0 Å². The van der Waals surface area contributed by atoms with Crippen LogP contribution in [0.25, 0.3) is 11.4 Å². The molecule has 1 aromatic carbocycles. The van der Waals surface area contributed by atoms with Crippen LogP contribution in [0.2, 0.25) is 0 Å². The molecular weight excluding hydrogens is 262 g/mol. The highest BCUT2D eigenvalue weighted by atomic mass is 15.5. The van der Waals surface area contributed by atoms with Crippen LogP contribution in [0.1, 0.15) is 40.0 Å². The smallest absolute Gasteiger partial charge is 0.204 e. The summed E-state index contributed by atoms with van der Waals surface area (Å²) in [5.74, 6) is 1.41. The van der Waals surface area contributed by atoms with Gasteiger partial charge in [0, 0.05) is 17.3 Å². The largest absolute Gasteiger partial charge is 0.382 e. The van der Waals surface area contributed by atoms with Gasteiger partial charge < -0.3 is 5.32 Å². The van der Waals surface area contributed by atoms with E-state index in [4.69, 9.17) is 0 Å². The molecule has 0 radical (unpaired) electrons. The van der Waals surface area contributed by atoms with Crippen LogP contribution in [-0.2, 0) is 0 Å². The molecule has 1 aromatic heterocycles.